The molecule has 0 radical (unpaired) electrons. The van der Waals surface area contributed by atoms with Gasteiger partial charge in [0.1, 0.15) is 5.75 Å². The van der Waals surface area contributed by atoms with Crippen LogP contribution in [0.2, 0.25) is 0 Å². The molecule has 7 nitrogen and oxygen atoms in total. The van der Waals surface area contributed by atoms with E-state index in [9.17, 15) is 21.6 Å². The number of ether oxygens (including phenoxy) is 1. The fraction of sp³-hybridized carbons (Fsp3) is 0.0526. The first kappa shape index (κ1) is 20.9. The largest absolute Gasteiger partial charge is 0.573 e. The van der Waals surface area contributed by atoms with Crippen LogP contribution in [0.3, 0.4) is 0 Å². The summed E-state index contributed by atoms with van der Waals surface area (Å²) in [4.78, 5) is 8.33. The molecule has 0 saturated carbocycles. The third-order valence-corrected chi connectivity index (χ3v) is 5.75. The van der Waals surface area contributed by atoms with Crippen LogP contribution < -0.4 is 14.2 Å². The maximum atomic E-state index is 12.5. The molecule has 0 unspecified atom stereocenters. The van der Waals surface area contributed by atoms with Gasteiger partial charge in [0.2, 0.25) is 0 Å². The Balaban J connectivity index is 1.69. The van der Waals surface area contributed by atoms with E-state index in [0.29, 0.717) is 22.2 Å². The summed E-state index contributed by atoms with van der Waals surface area (Å²) in [7, 11) is -3.99. The fourth-order valence-electron chi connectivity index (χ4n) is 2.80. The summed E-state index contributed by atoms with van der Waals surface area (Å²) >= 11 is 1.12. The summed E-state index contributed by atoms with van der Waals surface area (Å²) < 4.78 is 71.1. The number of alkyl halides is 3. The van der Waals surface area contributed by atoms with Crippen LogP contribution in [0, 0.1) is 0 Å². The monoisotopic (exact) mass is 466 g/mol. The zero-order valence-corrected chi connectivity index (χ0v) is 17.1. The molecule has 4 aromatic rings. The number of nitrogens with one attached hydrogen (secondary N) is 2. The number of rotatable bonds is 6. The van der Waals surface area contributed by atoms with E-state index in [0.717, 1.165) is 11.3 Å². The molecule has 0 fully saturated rings. The molecule has 0 aliphatic heterocycles. The second kappa shape index (κ2) is 8.04. The first-order chi connectivity index (χ1) is 14.7. The Morgan fingerprint density at radius 3 is 2.55 bits per heavy atom. The number of benzene rings is 2. The van der Waals surface area contributed by atoms with Gasteiger partial charge in [-0.3, -0.25) is 4.72 Å². The number of thiazole rings is 1. The lowest BCUT2D eigenvalue weighted by Crippen LogP contribution is -2.21. The smallest absolute Gasteiger partial charge is 0.406 e. The number of hydrogen-bond acceptors (Lipinski definition) is 6. The van der Waals surface area contributed by atoms with Gasteiger partial charge >= 0.3 is 16.6 Å². The number of nitrogens with zero attached hydrogens (tertiary/aromatic N) is 2. The van der Waals surface area contributed by atoms with Gasteiger partial charge in [0.25, 0.3) is 0 Å². The van der Waals surface area contributed by atoms with Crippen molar-refractivity contribution in [2.24, 2.45) is 0 Å². The molecule has 2 aromatic heterocycles. The van der Waals surface area contributed by atoms with Crippen molar-refractivity contribution < 1.29 is 26.3 Å². The zero-order chi connectivity index (χ0) is 22.1. The average Bonchev–Trinajstić information content (AvgIpc) is 3.19. The Hall–Kier alpha value is -3.38. The maximum absolute atomic E-state index is 12.5. The molecular formula is C19H13F3N4O3S2. The highest BCUT2D eigenvalue weighted by Crippen LogP contribution is 2.30. The van der Waals surface area contributed by atoms with Gasteiger partial charge < -0.3 is 4.74 Å². The highest BCUT2D eigenvalue weighted by molar-refractivity contribution is 7.94. The van der Waals surface area contributed by atoms with Crippen molar-refractivity contribution in [3.63, 3.8) is 0 Å². The molecular weight excluding hydrogens is 453 g/mol. The number of pyridine rings is 1. The average molecular weight is 466 g/mol. The van der Waals surface area contributed by atoms with E-state index in [-0.39, 0.29) is 16.6 Å². The summed E-state index contributed by atoms with van der Waals surface area (Å²) in [6.45, 7) is 0. The predicted molar refractivity (Wildman–Crippen MR) is 112 cm³/mol. The molecule has 2 aromatic carbocycles. The topological polar surface area (TPSA) is 93.2 Å². The molecule has 12 heteroatoms. The van der Waals surface area contributed by atoms with Crippen LogP contribution in [0.5, 0.6) is 5.75 Å². The number of aromatic nitrogens is 2. The lowest BCUT2D eigenvalue weighted by atomic mass is 10.1. The molecule has 160 valence electrons. The van der Waals surface area contributed by atoms with Crippen molar-refractivity contribution in [1.29, 1.82) is 0 Å². The Morgan fingerprint density at radius 2 is 1.81 bits per heavy atom. The van der Waals surface area contributed by atoms with E-state index < -0.39 is 16.6 Å². The zero-order valence-electron chi connectivity index (χ0n) is 15.4. The van der Waals surface area contributed by atoms with Gasteiger partial charge in [-0.05, 0) is 24.3 Å². The van der Waals surface area contributed by atoms with Crippen LogP contribution in [0.4, 0.5) is 24.0 Å². The molecule has 0 bridgehead atoms. The maximum Gasteiger partial charge on any atom is 0.573 e. The predicted octanol–water partition coefficient (Wildman–Crippen LogP) is 5.03. The van der Waals surface area contributed by atoms with Gasteiger partial charge in [0.15, 0.2) is 5.13 Å². The SMILES string of the molecule is O=S(=O)(Nc1nccs1)Nc1cccc2ccc(-c3cccc(OC(F)(F)F)c3)nc12. The van der Waals surface area contributed by atoms with Crippen molar-refractivity contribution in [2.45, 2.75) is 6.36 Å². The van der Waals surface area contributed by atoms with Crippen molar-refractivity contribution in [1.82, 2.24) is 9.97 Å². The van der Waals surface area contributed by atoms with Crippen LogP contribution in [-0.4, -0.2) is 24.7 Å². The third-order valence-electron chi connectivity index (χ3n) is 3.98. The number of anilines is 2. The van der Waals surface area contributed by atoms with Crippen LogP contribution in [0.1, 0.15) is 0 Å². The Bertz CT molecular complexity index is 1330. The third kappa shape index (κ3) is 5.22. The van der Waals surface area contributed by atoms with E-state index in [4.69, 9.17) is 0 Å². The molecule has 0 saturated heterocycles. The van der Waals surface area contributed by atoms with Gasteiger partial charge in [0.05, 0.1) is 16.9 Å². The Labute approximate surface area is 178 Å². The molecule has 0 aliphatic rings. The van der Waals surface area contributed by atoms with Crippen LogP contribution in [0.25, 0.3) is 22.2 Å². The van der Waals surface area contributed by atoms with Crippen molar-refractivity contribution >= 4 is 43.3 Å². The minimum atomic E-state index is -4.81. The molecule has 0 atom stereocenters. The fourth-order valence-corrected chi connectivity index (χ4v) is 4.48. The van der Waals surface area contributed by atoms with Crippen molar-refractivity contribution in [3.8, 4) is 17.0 Å². The van der Waals surface area contributed by atoms with Crippen LogP contribution >= 0.6 is 11.3 Å². The summed E-state index contributed by atoms with van der Waals surface area (Å²) in [5.74, 6) is -0.381. The van der Waals surface area contributed by atoms with Gasteiger partial charge in [-0.25, -0.2) is 14.7 Å². The standard InChI is InChI=1S/C19H13F3N4O3S2/c20-19(21,22)29-14-5-1-4-13(11-14)15-8-7-12-3-2-6-16(17(12)24-15)25-31(27,28)26-18-23-9-10-30-18/h1-11,25H,(H,23,26). The minimum absolute atomic E-state index is 0.197. The van der Waals surface area contributed by atoms with Gasteiger partial charge in [-0.15, -0.1) is 24.5 Å². The van der Waals surface area contributed by atoms with E-state index in [1.54, 1.807) is 35.7 Å². The highest BCUT2D eigenvalue weighted by atomic mass is 32.2. The second-order valence-corrected chi connectivity index (χ2v) is 8.50. The van der Waals surface area contributed by atoms with Crippen LogP contribution in [-0.2, 0) is 10.2 Å². The van der Waals surface area contributed by atoms with Gasteiger partial charge in [-0.1, -0.05) is 30.3 Å². The first-order valence-corrected chi connectivity index (χ1v) is 11.0. The molecule has 0 amide bonds. The number of halogens is 3. The quantitative estimate of drug-likeness (QED) is 0.416. The van der Waals surface area contributed by atoms with Gasteiger partial charge in [0, 0.05) is 22.5 Å². The first-order valence-electron chi connectivity index (χ1n) is 8.65. The van der Waals surface area contributed by atoms with E-state index in [1.807, 2.05) is 0 Å². The second-order valence-electron chi connectivity index (χ2n) is 6.19. The normalized spacial score (nSPS) is 12.0. The minimum Gasteiger partial charge on any atom is -0.406 e. The van der Waals surface area contributed by atoms with E-state index in [2.05, 4.69) is 24.1 Å². The summed E-state index contributed by atoms with van der Waals surface area (Å²) in [6.07, 6.45) is -3.35. The molecule has 31 heavy (non-hydrogen) atoms. The lowest BCUT2D eigenvalue weighted by molar-refractivity contribution is -0.274. The number of para-hydroxylation sites is 1. The molecule has 4 rings (SSSR count). The van der Waals surface area contributed by atoms with Gasteiger partial charge in [-0.2, -0.15) is 8.42 Å². The number of hydrogen-bond donors (Lipinski definition) is 2. The van der Waals surface area contributed by atoms with E-state index in [1.165, 1.54) is 30.5 Å². The van der Waals surface area contributed by atoms with Crippen molar-refractivity contribution in [2.75, 3.05) is 9.44 Å². The molecule has 0 aliphatic carbocycles. The summed E-state index contributed by atoms with van der Waals surface area (Å²) in [5, 5.41) is 2.46. The van der Waals surface area contributed by atoms with E-state index >= 15 is 0 Å². The number of fused-ring (bicyclic) bond motifs is 1. The Morgan fingerprint density at radius 1 is 1.00 bits per heavy atom. The van der Waals surface area contributed by atoms with Crippen LogP contribution in [0.15, 0.2) is 66.2 Å². The Kier molecular flexibility index (Phi) is 5.41. The molecule has 2 N–H and O–H groups in total. The summed E-state index contributed by atoms with van der Waals surface area (Å²) in [5.41, 5.74) is 1.25. The lowest BCUT2D eigenvalue weighted by Gasteiger charge is -2.12. The van der Waals surface area contributed by atoms with Crippen molar-refractivity contribution in [3.05, 3.63) is 66.2 Å². The molecule has 0 spiro atoms. The summed E-state index contributed by atoms with van der Waals surface area (Å²) in [6, 6.07) is 13.6. The molecule has 2 heterocycles. The highest BCUT2D eigenvalue weighted by Gasteiger charge is 2.31.